The summed E-state index contributed by atoms with van der Waals surface area (Å²) in [6.45, 7) is 6.86. The Balaban J connectivity index is 1.26. The van der Waals surface area contributed by atoms with Crippen LogP contribution in [0.15, 0.2) is 0 Å². The third-order valence-corrected chi connectivity index (χ3v) is 11.4. The average molecular weight is 497 g/mol. The lowest BCUT2D eigenvalue weighted by atomic mass is 9.44. The van der Waals surface area contributed by atoms with Gasteiger partial charge in [-0.15, -0.1) is 0 Å². The van der Waals surface area contributed by atoms with Crippen molar-refractivity contribution in [2.75, 3.05) is 0 Å². The molecule has 0 aromatic carbocycles. The molecule has 0 spiro atoms. The lowest BCUT2D eigenvalue weighted by molar-refractivity contribution is -0.309. The molecule has 5 rings (SSSR count). The van der Waals surface area contributed by atoms with E-state index in [4.69, 9.17) is 9.47 Å². The number of aliphatic hydroxyl groups is 4. The second-order valence-corrected chi connectivity index (χ2v) is 12.9. The summed E-state index contributed by atoms with van der Waals surface area (Å²) in [5.41, 5.74) is 0.484. The first kappa shape index (κ1) is 25.9. The second kappa shape index (κ2) is 9.21. The summed E-state index contributed by atoms with van der Waals surface area (Å²) in [5, 5.41) is 50.2. The van der Waals surface area contributed by atoms with Gasteiger partial charge in [-0.2, -0.15) is 0 Å². The van der Waals surface area contributed by atoms with Gasteiger partial charge in [-0.3, -0.25) is 0 Å². The van der Waals surface area contributed by atoms with Crippen LogP contribution in [0.5, 0.6) is 0 Å². The summed E-state index contributed by atoms with van der Waals surface area (Å²) >= 11 is 0. The highest BCUT2D eigenvalue weighted by Gasteiger charge is 2.61. The minimum atomic E-state index is -1.70. The summed E-state index contributed by atoms with van der Waals surface area (Å²) < 4.78 is 11.4. The van der Waals surface area contributed by atoms with Crippen LogP contribution in [0.25, 0.3) is 0 Å². The van der Waals surface area contributed by atoms with E-state index in [1.807, 2.05) is 6.92 Å². The van der Waals surface area contributed by atoms with E-state index in [1.54, 1.807) is 0 Å². The summed E-state index contributed by atoms with van der Waals surface area (Å²) in [6.07, 6.45) is 1.63. The van der Waals surface area contributed by atoms with Crippen LogP contribution in [0.4, 0.5) is 0 Å². The highest BCUT2D eigenvalue weighted by atomic mass is 16.7. The Morgan fingerprint density at radius 1 is 0.914 bits per heavy atom. The summed E-state index contributed by atoms with van der Waals surface area (Å²) in [6, 6.07) is 0. The van der Waals surface area contributed by atoms with E-state index in [2.05, 4.69) is 13.8 Å². The SMILES string of the molecule is CC(O)C1CCC2C3CCC4CC(OC5OC(C(=O)O)C(O)C(O)C5O)CCC4(C)C3CCC12C. The number of carboxylic acids is 1. The molecule has 1 aliphatic heterocycles. The highest BCUT2D eigenvalue weighted by molar-refractivity contribution is 5.73. The molecule has 0 amide bonds. The summed E-state index contributed by atoms with van der Waals surface area (Å²) in [4.78, 5) is 11.4. The van der Waals surface area contributed by atoms with Crippen molar-refractivity contribution >= 4 is 5.97 Å². The van der Waals surface area contributed by atoms with Gasteiger partial charge in [0.2, 0.25) is 0 Å². The molecule has 0 bridgehead atoms. The molecule has 0 radical (unpaired) electrons. The van der Waals surface area contributed by atoms with Crippen molar-refractivity contribution in [3.63, 3.8) is 0 Å². The van der Waals surface area contributed by atoms with Crippen molar-refractivity contribution in [1.29, 1.82) is 0 Å². The molecule has 1 saturated heterocycles. The van der Waals surface area contributed by atoms with Crippen molar-refractivity contribution in [2.45, 2.75) is 121 Å². The van der Waals surface area contributed by atoms with Crippen LogP contribution in [0.2, 0.25) is 0 Å². The minimum Gasteiger partial charge on any atom is -0.479 e. The average Bonchev–Trinajstić information content (AvgIpc) is 3.17. The van der Waals surface area contributed by atoms with Crippen LogP contribution in [0.1, 0.15) is 78.6 Å². The molecule has 0 aromatic rings. The third-order valence-electron chi connectivity index (χ3n) is 11.4. The van der Waals surface area contributed by atoms with E-state index < -0.39 is 36.7 Å². The smallest absolute Gasteiger partial charge is 0.335 e. The van der Waals surface area contributed by atoms with E-state index in [-0.39, 0.29) is 23.0 Å². The minimum absolute atomic E-state index is 0.180. The Hall–Kier alpha value is -0.770. The first-order valence-electron chi connectivity index (χ1n) is 13.7. The Morgan fingerprint density at radius 3 is 2.29 bits per heavy atom. The molecule has 8 heteroatoms. The van der Waals surface area contributed by atoms with Gasteiger partial charge in [0.05, 0.1) is 12.2 Å². The van der Waals surface area contributed by atoms with E-state index in [1.165, 1.54) is 25.7 Å². The molecule has 1 heterocycles. The number of aliphatic carboxylic acids is 1. The standard InChI is InChI=1S/C27H44O8/c1-13(28)17-6-7-18-16-5-4-14-12-15(8-10-26(14,2)19(16)9-11-27(17,18)3)34-25-22(31)20(29)21(30)23(35-25)24(32)33/h13-23,25,28-31H,4-12H2,1-3H3,(H,32,33). The molecular weight excluding hydrogens is 452 g/mol. The van der Waals surface area contributed by atoms with Gasteiger partial charge in [0.15, 0.2) is 12.4 Å². The zero-order chi connectivity index (χ0) is 25.3. The van der Waals surface area contributed by atoms with Gasteiger partial charge in [-0.1, -0.05) is 13.8 Å². The Morgan fingerprint density at radius 2 is 1.60 bits per heavy atom. The predicted octanol–water partition coefficient (Wildman–Crippen LogP) is 2.30. The van der Waals surface area contributed by atoms with Crippen molar-refractivity contribution in [3.05, 3.63) is 0 Å². The number of rotatable bonds is 4. The molecule has 200 valence electrons. The van der Waals surface area contributed by atoms with Crippen LogP contribution in [0, 0.1) is 40.4 Å². The van der Waals surface area contributed by atoms with Gasteiger partial charge in [0.25, 0.3) is 0 Å². The lowest BCUT2D eigenvalue weighted by Crippen LogP contribution is -2.61. The van der Waals surface area contributed by atoms with Crippen molar-refractivity contribution < 1.29 is 39.8 Å². The maximum absolute atomic E-state index is 11.4. The van der Waals surface area contributed by atoms with Gasteiger partial charge in [-0.05, 0) is 105 Å². The molecule has 35 heavy (non-hydrogen) atoms. The van der Waals surface area contributed by atoms with Gasteiger partial charge in [-0.25, -0.2) is 4.79 Å². The number of ether oxygens (including phenoxy) is 2. The molecular formula is C27H44O8. The van der Waals surface area contributed by atoms with Crippen LogP contribution in [-0.4, -0.2) is 74.4 Å². The number of carbonyl (C=O) groups is 1. The van der Waals surface area contributed by atoms with E-state index >= 15 is 0 Å². The van der Waals surface area contributed by atoms with Crippen LogP contribution < -0.4 is 0 Å². The topological polar surface area (TPSA) is 137 Å². The number of fused-ring (bicyclic) bond motifs is 5. The Bertz CT molecular complexity index is 804. The molecule has 5 fully saturated rings. The van der Waals surface area contributed by atoms with Crippen LogP contribution >= 0.6 is 0 Å². The zero-order valence-electron chi connectivity index (χ0n) is 21.3. The fraction of sp³-hybridized carbons (Fsp3) is 0.963. The molecule has 5 aliphatic rings. The van der Waals surface area contributed by atoms with Crippen LogP contribution in [-0.2, 0) is 14.3 Å². The van der Waals surface area contributed by atoms with E-state index in [9.17, 15) is 30.3 Å². The van der Waals surface area contributed by atoms with Gasteiger partial charge >= 0.3 is 5.97 Å². The van der Waals surface area contributed by atoms with Crippen LogP contribution in [0.3, 0.4) is 0 Å². The Labute approximate surface area is 208 Å². The van der Waals surface area contributed by atoms with Crippen molar-refractivity contribution in [1.82, 2.24) is 0 Å². The summed E-state index contributed by atoms with van der Waals surface area (Å²) in [7, 11) is 0. The molecule has 4 aliphatic carbocycles. The largest absolute Gasteiger partial charge is 0.479 e. The van der Waals surface area contributed by atoms with Crippen molar-refractivity contribution in [2.24, 2.45) is 40.4 Å². The molecule has 0 aromatic heterocycles. The second-order valence-electron chi connectivity index (χ2n) is 12.9. The fourth-order valence-electron chi connectivity index (χ4n) is 9.53. The lowest BCUT2D eigenvalue weighted by Gasteiger charge is -2.61. The fourth-order valence-corrected chi connectivity index (χ4v) is 9.53. The maximum Gasteiger partial charge on any atom is 0.335 e. The Kier molecular flexibility index (Phi) is 6.80. The van der Waals surface area contributed by atoms with E-state index in [0.717, 1.165) is 32.1 Å². The molecule has 14 atom stereocenters. The zero-order valence-corrected chi connectivity index (χ0v) is 21.3. The maximum atomic E-state index is 11.4. The summed E-state index contributed by atoms with van der Waals surface area (Å²) in [5.74, 6) is 1.60. The molecule has 5 N–H and O–H groups in total. The third kappa shape index (κ3) is 4.07. The van der Waals surface area contributed by atoms with Gasteiger partial charge in [0.1, 0.15) is 18.3 Å². The van der Waals surface area contributed by atoms with Gasteiger partial charge in [0, 0.05) is 0 Å². The first-order valence-corrected chi connectivity index (χ1v) is 13.7. The molecule has 4 saturated carbocycles. The van der Waals surface area contributed by atoms with Crippen molar-refractivity contribution in [3.8, 4) is 0 Å². The molecule has 14 unspecified atom stereocenters. The highest BCUT2D eigenvalue weighted by Crippen LogP contribution is 2.67. The number of hydrogen-bond acceptors (Lipinski definition) is 7. The number of aliphatic hydroxyl groups excluding tert-OH is 4. The number of carboxylic acid groups (broad SMARTS) is 1. The monoisotopic (exact) mass is 496 g/mol. The first-order chi connectivity index (χ1) is 16.5. The predicted molar refractivity (Wildman–Crippen MR) is 126 cm³/mol. The van der Waals surface area contributed by atoms with Gasteiger partial charge < -0.3 is 35.0 Å². The number of hydrogen-bond donors (Lipinski definition) is 5. The normalized spacial score (nSPS) is 54.9. The molecule has 8 nitrogen and oxygen atoms in total. The van der Waals surface area contributed by atoms with E-state index in [0.29, 0.717) is 29.6 Å². The quantitative estimate of drug-likeness (QED) is 0.374.